The number of nitrogens with zero attached hydrogens (tertiary/aromatic N) is 3. The fourth-order valence-corrected chi connectivity index (χ4v) is 3.36. The molecule has 2 aromatic rings. The number of rotatable bonds is 5. The van der Waals surface area contributed by atoms with Gasteiger partial charge in [0.1, 0.15) is 0 Å². The van der Waals surface area contributed by atoms with Crippen LogP contribution >= 0.6 is 0 Å². The number of hydrogen-bond acceptors (Lipinski definition) is 5. The van der Waals surface area contributed by atoms with Gasteiger partial charge in [0.05, 0.1) is 11.3 Å². The van der Waals surface area contributed by atoms with E-state index in [1.807, 2.05) is 6.92 Å². The van der Waals surface area contributed by atoms with Crippen molar-refractivity contribution in [1.29, 1.82) is 0 Å². The second kappa shape index (κ2) is 8.45. The lowest BCUT2D eigenvalue weighted by Crippen LogP contribution is -2.34. The van der Waals surface area contributed by atoms with Crippen LogP contribution in [-0.2, 0) is 18.9 Å². The molecule has 1 fully saturated rings. The maximum Gasteiger partial charge on any atom is 0.451 e. The molecular formula is C20H21F6N5. The molecule has 2 N–H and O–H groups in total. The Hall–Kier alpha value is -2.69. The monoisotopic (exact) mass is 445 g/mol. The molecule has 0 unspecified atom stereocenters. The van der Waals surface area contributed by atoms with E-state index >= 15 is 0 Å². The van der Waals surface area contributed by atoms with Gasteiger partial charge in [-0.15, -0.1) is 0 Å². The van der Waals surface area contributed by atoms with E-state index in [-0.39, 0.29) is 35.4 Å². The second-order valence-electron chi connectivity index (χ2n) is 7.62. The summed E-state index contributed by atoms with van der Waals surface area (Å²) in [5.41, 5.74) is -0.379. The molecule has 0 amide bonds. The molecule has 3 rings (SSSR count). The van der Waals surface area contributed by atoms with Gasteiger partial charge in [-0.1, -0.05) is 13.5 Å². The molecule has 0 radical (unpaired) electrons. The molecule has 3 atom stereocenters. The highest BCUT2D eigenvalue weighted by Gasteiger charge is 2.36. The maximum atomic E-state index is 13.4. The number of pyridine rings is 1. The second-order valence-corrected chi connectivity index (χ2v) is 7.62. The van der Waals surface area contributed by atoms with Crippen molar-refractivity contribution >= 4 is 0 Å². The Kier molecular flexibility index (Phi) is 6.26. The highest BCUT2D eigenvalue weighted by Crippen LogP contribution is 2.34. The van der Waals surface area contributed by atoms with Gasteiger partial charge in [-0.05, 0) is 30.9 Å². The van der Waals surface area contributed by atoms with Crippen LogP contribution in [0.15, 0.2) is 36.9 Å². The van der Waals surface area contributed by atoms with Gasteiger partial charge in [-0.2, -0.15) is 26.3 Å². The molecule has 5 nitrogen and oxygen atoms in total. The Morgan fingerprint density at radius 2 is 1.71 bits per heavy atom. The van der Waals surface area contributed by atoms with Crippen LogP contribution in [-0.4, -0.2) is 27.0 Å². The van der Waals surface area contributed by atoms with Gasteiger partial charge in [-0.3, -0.25) is 4.98 Å². The third kappa shape index (κ3) is 5.33. The van der Waals surface area contributed by atoms with Gasteiger partial charge in [0.2, 0.25) is 5.82 Å². The first-order chi connectivity index (χ1) is 14.4. The minimum absolute atomic E-state index is 0.0328. The normalized spacial score (nSPS) is 21.9. The molecule has 2 aromatic heterocycles. The van der Waals surface area contributed by atoms with E-state index in [0.717, 1.165) is 18.8 Å². The Labute approximate surface area is 175 Å². The molecule has 0 bridgehead atoms. The molecule has 0 aliphatic carbocycles. The first-order valence-electron chi connectivity index (χ1n) is 9.50. The van der Waals surface area contributed by atoms with Gasteiger partial charge in [0.25, 0.3) is 0 Å². The zero-order chi connectivity index (χ0) is 23.0. The fourth-order valence-electron chi connectivity index (χ4n) is 3.36. The molecule has 0 aromatic carbocycles. The molecule has 0 spiro atoms. The van der Waals surface area contributed by atoms with Crippen molar-refractivity contribution in [2.45, 2.75) is 51.2 Å². The number of halogens is 6. The first-order valence-corrected chi connectivity index (χ1v) is 9.50. The Bertz CT molecular complexity index is 929. The third-order valence-corrected chi connectivity index (χ3v) is 5.35. The number of hydrogen-bond donors (Lipinski definition) is 2. The lowest BCUT2D eigenvalue weighted by atomic mass is 10.0. The molecular weight excluding hydrogens is 424 g/mol. The van der Waals surface area contributed by atoms with Crippen molar-refractivity contribution in [1.82, 2.24) is 25.6 Å². The fraction of sp³-hybridized carbons (Fsp3) is 0.450. The van der Waals surface area contributed by atoms with E-state index in [1.165, 1.54) is 6.07 Å². The largest absolute Gasteiger partial charge is 0.451 e. The SMILES string of the molecule is C=C(NCc1cc(-c2cnc(C(F)(F)F)nc2)ncc1C(F)(F)F)[C@@H]1C[C@@H](C)[C@H](C)N1. The van der Waals surface area contributed by atoms with E-state index in [4.69, 9.17) is 0 Å². The minimum atomic E-state index is -4.72. The quantitative estimate of drug-likeness (QED) is 0.661. The van der Waals surface area contributed by atoms with Crippen LogP contribution in [0.25, 0.3) is 11.3 Å². The van der Waals surface area contributed by atoms with Crippen LogP contribution in [0, 0.1) is 5.92 Å². The zero-order valence-corrected chi connectivity index (χ0v) is 16.8. The van der Waals surface area contributed by atoms with Crippen molar-refractivity contribution in [2.24, 2.45) is 5.92 Å². The number of alkyl halides is 6. The summed E-state index contributed by atoms with van der Waals surface area (Å²) in [6, 6.07) is 1.37. The standard InChI is InChI=1S/C20H21F6N5/c1-10-4-16(31-11(10)2)12(3)27-6-13-5-17(28-9-15(13)19(21,22)23)14-7-29-18(30-8-14)20(24,25)26/h5,7-11,16,27,31H,3-4,6H2,1-2H3/t10-,11+,16+/m1/s1. The van der Waals surface area contributed by atoms with Gasteiger partial charge in [-0.25, -0.2) is 9.97 Å². The highest BCUT2D eigenvalue weighted by molar-refractivity contribution is 5.58. The summed E-state index contributed by atoms with van der Waals surface area (Å²) in [4.78, 5) is 10.2. The molecule has 3 heterocycles. The van der Waals surface area contributed by atoms with E-state index in [9.17, 15) is 26.3 Å². The summed E-state index contributed by atoms with van der Waals surface area (Å²) in [7, 11) is 0. The van der Waals surface area contributed by atoms with Crippen LogP contribution in [0.4, 0.5) is 26.3 Å². The lowest BCUT2D eigenvalue weighted by Gasteiger charge is -2.19. The number of aromatic nitrogens is 3. The Balaban J connectivity index is 1.83. The summed E-state index contributed by atoms with van der Waals surface area (Å²) in [6.07, 6.45) is -6.13. The summed E-state index contributed by atoms with van der Waals surface area (Å²) in [5, 5.41) is 6.27. The van der Waals surface area contributed by atoms with Crippen LogP contribution in [0.2, 0.25) is 0 Å². The first kappa shape index (κ1) is 23.0. The predicted octanol–water partition coefficient (Wildman–Crippen LogP) is 4.57. The van der Waals surface area contributed by atoms with Crippen molar-refractivity contribution in [3.05, 3.63) is 53.9 Å². The Morgan fingerprint density at radius 3 is 2.23 bits per heavy atom. The average Bonchev–Trinajstić information content (AvgIpc) is 3.03. The minimum Gasteiger partial charge on any atom is -0.383 e. The third-order valence-electron chi connectivity index (χ3n) is 5.35. The topological polar surface area (TPSA) is 62.7 Å². The smallest absolute Gasteiger partial charge is 0.383 e. The Morgan fingerprint density at radius 1 is 1.06 bits per heavy atom. The number of nitrogens with one attached hydrogen (secondary N) is 2. The van der Waals surface area contributed by atoms with E-state index in [2.05, 4.69) is 39.1 Å². The lowest BCUT2D eigenvalue weighted by molar-refractivity contribution is -0.145. The van der Waals surface area contributed by atoms with Crippen molar-refractivity contribution in [3.63, 3.8) is 0 Å². The van der Waals surface area contributed by atoms with Crippen molar-refractivity contribution in [3.8, 4) is 11.3 Å². The summed E-state index contributed by atoms with van der Waals surface area (Å²) in [6.45, 7) is 7.86. The summed E-state index contributed by atoms with van der Waals surface area (Å²) < 4.78 is 78.2. The molecule has 1 saturated heterocycles. The van der Waals surface area contributed by atoms with Crippen LogP contribution in [0.3, 0.4) is 0 Å². The molecule has 0 saturated carbocycles. The maximum absolute atomic E-state index is 13.4. The molecule has 31 heavy (non-hydrogen) atoms. The zero-order valence-electron chi connectivity index (χ0n) is 16.8. The van der Waals surface area contributed by atoms with E-state index in [1.54, 1.807) is 0 Å². The molecule has 1 aliphatic rings. The van der Waals surface area contributed by atoms with Gasteiger partial charge >= 0.3 is 12.4 Å². The predicted molar refractivity (Wildman–Crippen MR) is 101 cm³/mol. The van der Waals surface area contributed by atoms with E-state index in [0.29, 0.717) is 17.8 Å². The molecule has 168 valence electrons. The molecule has 11 heteroatoms. The van der Waals surface area contributed by atoms with Crippen molar-refractivity contribution in [2.75, 3.05) is 0 Å². The van der Waals surface area contributed by atoms with E-state index < -0.39 is 23.7 Å². The van der Waals surface area contributed by atoms with Crippen molar-refractivity contribution < 1.29 is 26.3 Å². The van der Waals surface area contributed by atoms with Crippen LogP contribution in [0.5, 0.6) is 0 Å². The van der Waals surface area contributed by atoms with Crippen LogP contribution in [0.1, 0.15) is 37.2 Å². The molecule has 1 aliphatic heterocycles. The highest BCUT2D eigenvalue weighted by atomic mass is 19.4. The average molecular weight is 445 g/mol. The summed E-state index contributed by atoms with van der Waals surface area (Å²) in [5.74, 6) is -0.935. The summed E-state index contributed by atoms with van der Waals surface area (Å²) >= 11 is 0. The van der Waals surface area contributed by atoms with Gasteiger partial charge < -0.3 is 10.6 Å². The van der Waals surface area contributed by atoms with Gasteiger partial charge in [0.15, 0.2) is 0 Å². The van der Waals surface area contributed by atoms with Crippen LogP contribution < -0.4 is 10.6 Å². The van der Waals surface area contributed by atoms with Gasteiger partial charge in [0, 0.05) is 48.5 Å².